The molecule has 4 nitrogen and oxygen atoms in total. The summed E-state index contributed by atoms with van der Waals surface area (Å²) in [7, 11) is 0. The van der Waals surface area contributed by atoms with Crippen LogP contribution in [0.4, 0.5) is 5.13 Å². The van der Waals surface area contributed by atoms with Crippen LogP contribution in [-0.2, 0) is 23.2 Å². The quantitative estimate of drug-likeness (QED) is 0.872. The van der Waals surface area contributed by atoms with E-state index in [1.807, 2.05) is 0 Å². The molecule has 1 unspecified atom stereocenters. The van der Waals surface area contributed by atoms with E-state index in [0.29, 0.717) is 0 Å². The first kappa shape index (κ1) is 14.2. The largest absolute Gasteiger partial charge is 0.367 e. The zero-order valence-electron chi connectivity index (χ0n) is 12.9. The zero-order valence-corrected chi connectivity index (χ0v) is 13.7. The van der Waals surface area contributed by atoms with Crippen LogP contribution in [0.25, 0.3) is 0 Å². The molecule has 2 heterocycles. The molecule has 0 radical (unpaired) electrons. The van der Waals surface area contributed by atoms with Gasteiger partial charge in [-0.15, -0.1) is 10.2 Å². The lowest BCUT2D eigenvalue weighted by molar-refractivity contribution is -0.0592. The van der Waals surface area contributed by atoms with Gasteiger partial charge in [0.25, 0.3) is 0 Å². The molecule has 1 aliphatic carbocycles. The van der Waals surface area contributed by atoms with E-state index in [9.17, 15) is 0 Å². The van der Waals surface area contributed by atoms with Crippen LogP contribution >= 0.6 is 11.3 Å². The number of hydrogen-bond acceptors (Lipinski definition) is 5. The molecule has 0 N–H and O–H groups in total. The number of morpholine rings is 1. The number of aromatic nitrogens is 2. The van der Waals surface area contributed by atoms with Crippen molar-refractivity contribution in [2.24, 2.45) is 0 Å². The van der Waals surface area contributed by atoms with Gasteiger partial charge in [-0.1, -0.05) is 42.5 Å². The van der Waals surface area contributed by atoms with Crippen molar-refractivity contribution in [2.45, 2.75) is 38.2 Å². The monoisotopic (exact) mass is 315 g/mol. The van der Waals surface area contributed by atoms with Crippen molar-refractivity contribution in [3.8, 4) is 0 Å². The second-order valence-corrected chi connectivity index (χ2v) is 7.19. The third kappa shape index (κ3) is 2.32. The molecule has 0 saturated carbocycles. The Morgan fingerprint density at radius 2 is 2.23 bits per heavy atom. The van der Waals surface area contributed by atoms with Crippen LogP contribution in [0.3, 0.4) is 0 Å². The van der Waals surface area contributed by atoms with Crippen LogP contribution in [-0.4, -0.2) is 29.9 Å². The molecule has 4 rings (SSSR count). The molecule has 116 valence electrons. The Kier molecular flexibility index (Phi) is 3.62. The number of benzene rings is 1. The normalized spacial score (nSPS) is 24.0. The number of rotatable bonds is 3. The van der Waals surface area contributed by atoms with Gasteiger partial charge in [0.05, 0.1) is 13.2 Å². The molecule has 1 atom stereocenters. The predicted octanol–water partition coefficient (Wildman–Crippen LogP) is 3.17. The molecule has 1 spiro atoms. The molecular weight excluding hydrogens is 294 g/mol. The lowest BCUT2D eigenvalue weighted by Crippen LogP contribution is -2.49. The van der Waals surface area contributed by atoms with Gasteiger partial charge in [0.1, 0.15) is 10.6 Å². The van der Waals surface area contributed by atoms with Crippen molar-refractivity contribution < 1.29 is 4.74 Å². The first-order chi connectivity index (χ1) is 10.8. The van der Waals surface area contributed by atoms with Crippen LogP contribution < -0.4 is 4.90 Å². The maximum atomic E-state index is 6.27. The van der Waals surface area contributed by atoms with E-state index in [2.05, 4.69) is 46.3 Å². The average molecular weight is 315 g/mol. The maximum Gasteiger partial charge on any atom is 0.208 e. The van der Waals surface area contributed by atoms with Crippen LogP contribution in [0.5, 0.6) is 0 Å². The minimum absolute atomic E-state index is 0.147. The average Bonchev–Trinajstić information content (AvgIpc) is 3.15. The summed E-state index contributed by atoms with van der Waals surface area (Å²) in [5, 5.41) is 10.9. The molecule has 1 aromatic carbocycles. The highest BCUT2D eigenvalue weighted by molar-refractivity contribution is 7.15. The number of aryl methyl sites for hydroxylation is 2. The van der Waals surface area contributed by atoms with Gasteiger partial charge in [-0.3, -0.25) is 0 Å². The Morgan fingerprint density at radius 1 is 1.32 bits per heavy atom. The molecule has 1 saturated heterocycles. The topological polar surface area (TPSA) is 38.2 Å². The van der Waals surface area contributed by atoms with Gasteiger partial charge in [0, 0.05) is 13.0 Å². The molecule has 0 bridgehead atoms. The van der Waals surface area contributed by atoms with E-state index in [4.69, 9.17) is 4.74 Å². The predicted molar refractivity (Wildman–Crippen MR) is 88.5 cm³/mol. The van der Waals surface area contributed by atoms with Gasteiger partial charge in [-0.2, -0.15) is 0 Å². The zero-order chi connectivity index (χ0) is 15.0. The molecule has 0 amide bonds. The second-order valence-electron chi connectivity index (χ2n) is 6.15. The smallest absolute Gasteiger partial charge is 0.208 e. The Bertz CT molecular complexity index is 667. The molecule has 22 heavy (non-hydrogen) atoms. The van der Waals surface area contributed by atoms with Crippen molar-refractivity contribution in [3.05, 3.63) is 40.4 Å². The highest BCUT2D eigenvalue weighted by Crippen LogP contribution is 2.43. The lowest BCUT2D eigenvalue weighted by Gasteiger charge is -2.41. The van der Waals surface area contributed by atoms with Gasteiger partial charge in [-0.05, 0) is 30.4 Å². The van der Waals surface area contributed by atoms with E-state index < -0.39 is 0 Å². The van der Waals surface area contributed by atoms with E-state index in [1.165, 1.54) is 11.1 Å². The lowest BCUT2D eigenvalue weighted by atomic mass is 9.94. The van der Waals surface area contributed by atoms with Crippen molar-refractivity contribution in [3.63, 3.8) is 0 Å². The Hall–Kier alpha value is -1.46. The highest BCUT2D eigenvalue weighted by Gasteiger charge is 2.43. The fourth-order valence-electron chi connectivity index (χ4n) is 3.60. The Morgan fingerprint density at radius 3 is 3.14 bits per heavy atom. The summed E-state index contributed by atoms with van der Waals surface area (Å²) in [5.74, 6) is 0. The van der Waals surface area contributed by atoms with Crippen molar-refractivity contribution in [2.75, 3.05) is 24.6 Å². The van der Waals surface area contributed by atoms with Crippen LogP contribution in [0.1, 0.15) is 35.9 Å². The summed E-state index contributed by atoms with van der Waals surface area (Å²) in [6.07, 6.45) is 4.33. The standard InChI is InChI=1S/C17H21N3OS/c1-2-5-15-18-19-16(22-15)20-10-11-21-17(12-20)9-8-13-6-3-4-7-14(13)17/h3-4,6-7H,2,5,8-12H2,1H3. The maximum absolute atomic E-state index is 6.27. The molecule has 2 aliphatic rings. The fourth-order valence-corrected chi connectivity index (χ4v) is 4.57. The van der Waals surface area contributed by atoms with Crippen LogP contribution in [0, 0.1) is 0 Å². The van der Waals surface area contributed by atoms with Crippen LogP contribution in [0.2, 0.25) is 0 Å². The summed E-state index contributed by atoms with van der Waals surface area (Å²) >= 11 is 1.74. The fraction of sp³-hybridized carbons (Fsp3) is 0.529. The number of fused-ring (bicyclic) bond motifs is 2. The highest BCUT2D eigenvalue weighted by atomic mass is 32.1. The first-order valence-corrected chi connectivity index (χ1v) is 8.92. The van der Waals surface area contributed by atoms with Gasteiger partial charge in [0.2, 0.25) is 5.13 Å². The summed E-state index contributed by atoms with van der Waals surface area (Å²) in [6.45, 7) is 4.74. The van der Waals surface area contributed by atoms with Gasteiger partial charge in [0.15, 0.2) is 0 Å². The molecule has 1 aliphatic heterocycles. The van der Waals surface area contributed by atoms with E-state index in [0.717, 1.165) is 55.5 Å². The first-order valence-electron chi connectivity index (χ1n) is 8.10. The molecule has 2 aromatic rings. The number of ether oxygens (including phenoxy) is 1. The van der Waals surface area contributed by atoms with Crippen molar-refractivity contribution >= 4 is 16.5 Å². The number of hydrogen-bond donors (Lipinski definition) is 0. The van der Waals surface area contributed by atoms with Gasteiger partial charge in [-0.25, -0.2) is 0 Å². The van der Waals surface area contributed by atoms with Crippen molar-refractivity contribution in [1.29, 1.82) is 0 Å². The SMILES string of the molecule is CCCc1nnc(N2CCOC3(CCc4ccccc43)C2)s1. The van der Waals surface area contributed by atoms with Crippen LogP contribution in [0.15, 0.2) is 24.3 Å². The Labute approximate surface area is 135 Å². The summed E-state index contributed by atoms with van der Waals surface area (Å²) in [6, 6.07) is 8.71. The van der Waals surface area contributed by atoms with E-state index in [1.54, 1.807) is 11.3 Å². The molecule has 1 aromatic heterocycles. The van der Waals surface area contributed by atoms with E-state index in [-0.39, 0.29) is 5.60 Å². The molecular formula is C17H21N3OS. The minimum Gasteiger partial charge on any atom is -0.367 e. The minimum atomic E-state index is -0.147. The second kappa shape index (κ2) is 5.63. The number of anilines is 1. The Balaban J connectivity index is 1.60. The number of nitrogens with zero attached hydrogens (tertiary/aromatic N) is 3. The third-order valence-electron chi connectivity index (χ3n) is 4.68. The van der Waals surface area contributed by atoms with Gasteiger partial charge >= 0.3 is 0 Å². The van der Waals surface area contributed by atoms with Gasteiger partial charge < -0.3 is 9.64 Å². The van der Waals surface area contributed by atoms with E-state index >= 15 is 0 Å². The molecule has 5 heteroatoms. The summed E-state index contributed by atoms with van der Waals surface area (Å²) in [4.78, 5) is 2.36. The molecule has 1 fully saturated rings. The van der Waals surface area contributed by atoms with Crippen molar-refractivity contribution in [1.82, 2.24) is 10.2 Å². The third-order valence-corrected chi connectivity index (χ3v) is 5.73. The summed E-state index contributed by atoms with van der Waals surface area (Å²) in [5.41, 5.74) is 2.66. The summed E-state index contributed by atoms with van der Waals surface area (Å²) < 4.78 is 6.27.